The number of hydrogen-bond acceptors (Lipinski definition) is 0. The van der Waals surface area contributed by atoms with Gasteiger partial charge in [0.15, 0.2) is 0 Å². The van der Waals surface area contributed by atoms with E-state index in [1.54, 1.807) is 0 Å². The summed E-state index contributed by atoms with van der Waals surface area (Å²) in [5.74, 6) is 0. The van der Waals surface area contributed by atoms with Gasteiger partial charge in [-0.25, -0.2) is 8.78 Å². The van der Waals surface area contributed by atoms with E-state index >= 15 is 0 Å². The highest BCUT2D eigenvalue weighted by Crippen LogP contribution is 1.83. The molecule has 0 nitrogen and oxygen atoms in total. The molecule has 8 heavy (non-hydrogen) atoms. The Bertz CT molecular complexity index is 21.6. The van der Waals surface area contributed by atoms with Gasteiger partial charge < -0.3 is 0 Å². The average Bonchev–Trinajstić information content (AvgIpc) is 1.71. The van der Waals surface area contributed by atoms with Gasteiger partial charge in [-0.15, -0.1) is 0 Å². The molecule has 0 radical (unpaired) electrons. The summed E-state index contributed by atoms with van der Waals surface area (Å²) in [7, 11) is 0. The highest BCUT2D eigenvalue weighted by atomic mass is 19.3. The normalized spacial score (nSPS) is 7.50. The van der Waals surface area contributed by atoms with E-state index in [0.717, 1.165) is 12.8 Å². The van der Waals surface area contributed by atoms with E-state index in [1.165, 1.54) is 0 Å². The van der Waals surface area contributed by atoms with Gasteiger partial charge in [0.25, 0.3) is 0 Å². The molecular formula is C5H11F3. The van der Waals surface area contributed by atoms with Crippen LogP contribution in [0.1, 0.15) is 19.8 Å². The lowest BCUT2D eigenvalue weighted by molar-refractivity contribution is 0.295. The Labute approximate surface area is 47.7 Å². The molecular weight excluding hydrogens is 117 g/mol. The lowest BCUT2D eigenvalue weighted by Crippen LogP contribution is -1.67. The molecule has 0 aromatic heterocycles. The molecule has 0 aliphatic carbocycles. The first-order valence-corrected chi connectivity index (χ1v) is 2.51. The van der Waals surface area contributed by atoms with Crippen molar-refractivity contribution >= 4 is 0 Å². The van der Waals surface area contributed by atoms with Gasteiger partial charge >= 0.3 is 0 Å². The summed E-state index contributed by atoms with van der Waals surface area (Å²) >= 11 is 0. The van der Waals surface area contributed by atoms with Gasteiger partial charge in [-0.05, 0) is 6.42 Å². The first-order chi connectivity index (χ1) is 3.83. The Morgan fingerprint density at radius 1 is 1.12 bits per heavy atom. The SMILES string of the molecule is CCCCF.FCF. The number of unbranched alkanes of at least 4 members (excludes halogenated alkanes) is 1. The number of rotatable bonds is 2. The zero-order valence-electron chi connectivity index (χ0n) is 4.96. The number of hydrogen-bond donors (Lipinski definition) is 0. The van der Waals surface area contributed by atoms with E-state index < -0.39 is 6.93 Å². The van der Waals surface area contributed by atoms with Crippen LogP contribution in [0.2, 0.25) is 0 Å². The topological polar surface area (TPSA) is 0 Å². The Morgan fingerprint density at radius 3 is 1.50 bits per heavy atom. The second-order valence-electron chi connectivity index (χ2n) is 1.14. The summed E-state index contributed by atoms with van der Waals surface area (Å²) in [4.78, 5) is 0. The highest BCUT2D eigenvalue weighted by Gasteiger charge is 1.71. The second-order valence-corrected chi connectivity index (χ2v) is 1.14. The monoisotopic (exact) mass is 128 g/mol. The van der Waals surface area contributed by atoms with Crippen LogP contribution in [0.5, 0.6) is 0 Å². The zero-order chi connectivity index (χ0) is 6.83. The van der Waals surface area contributed by atoms with E-state index in [-0.39, 0.29) is 6.67 Å². The van der Waals surface area contributed by atoms with Crippen molar-refractivity contribution in [3.63, 3.8) is 0 Å². The van der Waals surface area contributed by atoms with Crippen LogP contribution in [0.4, 0.5) is 13.2 Å². The van der Waals surface area contributed by atoms with Gasteiger partial charge in [-0.1, -0.05) is 13.3 Å². The van der Waals surface area contributed by atoms with Gasteiger partial charge in [0.05, 0.1) is 6.67 Å². The molecule has 0 unspecified atom stereocenters. The number of alkyl halides is 3. The van der Waals surface area contributed by atoms with E-state index in [0.29, 0.717) is 0 Å². The van der Waals surface area contributed by atoms with Crippen LogP contribution in [0.3, 0.4) is 0 Å². The number of halogens is 3. The van der Waals surface area contributed by atoms with Crippen molar-refractivity contribution < 1.29 is 13.2 Å². The summed E-state index contributed by atoms with van der Waals surface area (Å²) in [5.41, 5.74) is 0. The molecule has 0 aromatic rings. The standard InChI is InChI=1S/C4H9F.CH2F2/c1-2-3-4-5;2-1-3/h2-4H2,1H3;1H2. The molecule has 0 spiro atoms. The van der Waals surface area contributed by atoms with Crippen molar-refractivity contribution in [1.29, 1.82) is 0 Å². The quantitative estimate of drug-likeness (QED) is 0.536. The Hall–Kier alpha value is -0.210. The summed E-state index contributed by atoms with van der Waals surface area (Å²) in [6, 6.07) is 0. The van der Waals surface area contributed by atoms with Crippen molar-refractivity contribution in [2.75, 3.05) is 13.6 Å². The van der Waals surface area contributed by atoms with Gasteiger partial charge in [0.1, 0.15) is 0 Å². The van der Waals surface area contributed by atoms with Gasteiger partial charge in [-0.3, -0.25) is 4.39 Å². The first kappa shape index (κ1) is 10.7. The third-order valence-corrected chi connectivity index (χ3v) is 0.487. The van der Waals surface area contributed by atoms with Crippen LogP contribution in [0.15, 0.2) is 0 Å². The third-order valence-electron chi connectivity index (χ3n) is 0.487. The average molecular weight is 128 g/mol. The second kappa shape index (κ2) is 15.8. The fourth-order valence-corrected chi connectivity index (χ4v) is 0.134. The Morgan fingerprint density at radius 2 is 1.50 bits per heavy atom. The van der Waals surface area contributed by atoms with Crippen LogP contribution < -0.4 is 0 Å². The summed E-state index contributed by atoms with van der Waals surface area (Å²) in [5, 5.41) is 0. The molecule has 0 atom stereocenters. The van der Waals surface area contributed by atoms with Crippen molar-refractivity contribution in [3.05, 3.63) is 0 Å². The van der Waals surface area contributed by atoms with Crippen molar-refractivity contribution in [2.24, 2.45) is 0 Å². The minimum Gasteiger partial charge on any atom is -0.251 e. The van der Waals surface area contributed by atoms with Crippen LogP contribution >= 0.6 is 0 Å². The van der Waals surface area contributed by atoms with Crippen LogP contribution in [-0.2, 0) is 0 Å². The van der Waals surface area contributed by atoms with Crippen molar-refractivity contribution in [1.82, 2.24) is 0 Å². The van der Waals surface area contributed by atoms with Crippen LogP contribution in [0.25, 0.3) is 0 Å². The van der Waals surface area contributed by atoms with Crippen LogP contribution in [-0.4, -0.2) is 13.6 Å². The molecule has 0 amide bonds. The van der Waals surface area contributed by atoms with E-state index in [4.69, 9.17) is 0 Å². The highest BCUT2D eigenvalue weighted by molar-refractivity contribution is 4.23. The van der Waals surface area contributed by atoms with Crippen LogP contribution in [0, 0.1) is 0 Å². The van der Waals surface area contributed by atoms with E-state index in [1.807, 2.05) is 6.92 Å². The molecule has 0 heterocycles. The Kier molecular flexibility index (Phi) is 21.2. The molecule has 0 saturated heterocycles. The molecule has 0 saturated carbocycles. The minimum absolute atomic E-state index is 0.156. The molecule has 0 aliphatic rings. The predicted molar refractivity (Wildman–Crippen MR) is 28.0 cm³/mol. The van der Waals surface area contributed by atoms with Crippen molar-refractivity contribution in [2.45, 2.75) is 19.8 Å². The smallest absolute Gasteiger partial charge is 0.229 e. The zero-order valence-corrected chi connectivity index (χ0v) is 4.96. The molecule has 0 bridgehead atoms. The summed E-state index contributed by atoms with van der Waals surface area (Å²) in [6.45, 7) is 0.0656. The predicted octanol–water partition coefficient (Wildman–Crippen LogP) is 2.64. The maximum atomic E-state index is 11.0. The fourth-order valence-electron chi connectivity index (χ4n) is 0.134. The summed E-state index contributed by atoms with van der Waals surface area (Å²) in [6.07, 6.45) is 1.69. The molecule has 52 valence electrons. The molecule has 0 aromatic carbocycles. The Balaban J connectivity index is 0. The van der Waals surface area contributed by atoms with Gasteiger partial charge in [0, 0.05) is 0 Å². The molecule has 0 rings (SSSR count). The third kappa shape index (κ3) is 41.5. The molecule has 0 N–H and O–H groups in total. The molecule has 0 fully saturated rings. The lowest BCUT2D eigenvalue weighted by Gasteiger charge is -1.76. The maximum absolute atomic E-state index is 11.0. The lowest BCUT2D eigenvalue weighted by atomic mass is 10.4. The molecule has 3 heteroatoms. The van der Waals surface area contributed by atoms with Crippen molar-refractivity contribution in [3.8, 4) is 0 Å². The fraction of sp³-hybridized carbons (Fsp3) is 1.00. The van der Waals surface area contributed by atoms with Gasteiger partial charge in [0.2, 0.25) is 6.93 Å². The summed E-state index contributed by atoms with van der Waals surface area (Å²) < 4.78 is 30.2. The minimum atomic E-state index is -1.75. The maximum Gasteiger partial charge on any atom is 0.229 e. The first-order valence-electron chi connectivity index (χ1n) is 2.51. The molecule has 0 aliphatic heterocycles. The van der Waals surface area contributed by atoms with Gasteiger partial charge in [-0.2, -0.15) is 0 Å². The van der Waals surface area contributed by atoms with E-state index in [2.05, 4.69) is 0 Å². The van der Waals surface area contributed by atoms with E-state index in [9.17, 15) is 13.2 Å². The largest absolute Gasteiger partial charge is 0.251 e.